The molecule has 8 heteroatoms. The Balaban J connectivity index is 2.01. The number of halogens is 2. The van der Waals surface area contributed by atoms with Crippen LogP contribution in [-0.4, -0.2) is 17.7 Å². The quantitative estimate of drug-likeness (QED) is 0.566. The number of furan rings is 1. The number of esters is 1. The number of carbonyl (C=O) groups is 1. The lowest BCUT2D eigenvalue weighted by molar-refractivity contribution is -0.139. The lowest BCUT2D eigenvalue weighted by atomic mass is 10.0. The van der Waals surface area contributed by atoms with E-state index in [1.54, 1.807) is 44.2 Å². The first-order valence-electron chi connectivity index (χ1n) is 7.91. The first-order chi connectivity index (χ1) is 12.4. The molecule has 1 atom stereocenters. The van der Waals surface area contributed by atoms with Crippen molar-refractivity contribution < 1.29 is 13.9 Å². The van der Waals surface area contributed by atoms with E-state index >= 15 is 0 Å². The Kier molecular flexibility index (Phi) is 5.55. The van der Waals surface area contributed by atoms with Crippen LogP contribution in [0.2, 0.25) is 10.0 Å². The van der Waals surface area contributed by atoms with Crippen LogP contribution in [0, 0.1) is 0 Å². The van der Waals surface area contributed by atoms with Gasteiger partial charge in [0.25, 0.3) is 0 Å². The van der Waals surface area contributed by atoms with Crippen molar-refractivity contribution in [3.63, 3.8) is 0 Å². The van der Waals surface area contributed by atoms with E-state index in [0.717, 1.165) is 0 Å². The van der Waals surface area contributed by atoms with Gasteiger partial charge in [0, 0.05) is 16.3 Å². The smallest absolute Gasteiger partial charge is 0.338 e. The van der Waals surface area contributed by atoms with Crippen LogP contribution in [0.5, 0.6) is 0 Å². The third kappa shape index (κ3) is 3.72. The fourth-order valence-electron chi connectivity index (χ4n) is 2.73. The number of allylic oxidation sites excluding steroid dienone is 1. The molecule has 1 aromatic heterocycles. The topological polar surface area (TPSA) is 63.5 Å². The van der Waals surface area contributed by atoms with Crippen LogP contribution in [-0.2, 0) is 9.53 Å². The molecule has 1 aromatic carbocycles. The van der Waals surface area contributed by atoms with E-state index in [0.29, 0.717) is 43.5 Å². The maximum atomic E-state index is 12.4. The Morgan fingerprint density at radius 3 is 2.81 bits per heavy atom. The Morgan fingerprint density at radius 1 is 1.31 bits per heavy atom. The minimum absolute atomic E-state index is 0.272. The number of benzene rings is 1. The number of hydrogen-bond acceptors (Lipinski definition) is 4. The largest absolute Gasteiger partial charge is 0.463 e. The molecule has 1 unspecified atom stereocenters. The molecule has 0 saturated heterocycles. The molecule has 2 N–H and O–H groups in total. The highest BCUT2D eigenvalue weighted by Gasteiger charge is 2.33. The van der Waals surface area contributed by atoms with E-state index in [1.165, 1.54) is 0 Å². The number of hydrogen-bond donors (Lipinski definition) is 2. The molecule has 0 amide bonds. The van der Waals surface area contributed by atoms with E-state index in [4.69, 9.17) is 44.6 Å². The highest BCUT2D eigenvalue weighted by Crippen LogP contribution is 2.35. The Bertz CT molecular complexity index is 908. The monoisotopic (exact) mass is 410 g/mol. The van der Waals surface area contributed by atoms with Gasteiger partial charge in [0.05, 0.1) is 17.2 Å². The zero-order valence-corrected chi connectivity index (χ0v) is 16.4. The van der Waals surface area contributed by atoms with E-state index in [-0.39, 0.29) is 6.61 Å². The Morgan fingerprint density at radius 2 is 2.08 bits per heavy atom. The second-order valence-corrected chi connectivity index (χ2v) is 6.87. The zero-order chi connectivity index (χ0) is 18.8. The van der Waals surface area contributed by atoms with Crippen molar-refractivity contribution in [2.45, 2.75) is 19.9 Å². The zero-order valence-electron chi connectivity index (χ0n) is 14.1. The van der Waals surface area contributed by atoms with Crippen molar-refractivity contribution >= 4 is 46.5 Å². The summed E-state index contributed by atoms with van der Waals surface area (Å²) in [6.45, 7) is 3.79. The van der Waals surface area contributed by atoms with Crippen LogP contribution in [0.25, 0.3) is 11.3 Å². The predicted octanol–water partition coefficient (Wildman–Crippen LogP) is 4.61. The normalized spacial score (nSPS) is 16.9. The van der Waals surface area contributed by atoms with Crippen molar-refractivity contribution in [3.8, 4) is 11.3 Å². The second kappa shape index (κ2) is 7.70. The Labute approximate surface area is 166 Å². The van der Waals surface area contributed by atoms with Crippen LogP contribution in [0.15, 0.2) is 46.0 Å². The van der Waals surface area contributed by atoms with Crippen molar-refractivity contribution in [2.75, 3.05) is 6.61 Å². The molecule has 1 aliphatic heterocycles. The molecule has 2 heterocycles. The number of thiocarbonyl (C=S) groups is 1. The van der Waals surface area contributed by atoms with Crippen LogP contribution in [0.3, 0.4) is 0 Å². The van der Waals surface area contributed by atoms with E-state index in [9.17, 15) is 4.79 Å². The molecule has 0 radical (unpaired) electrons. The molecule has 0 spiro atoms. The molecule has 2 aromatic rings. The summed E-state index contributed by atoms with van der Waals surface area (Å²) in [6.07, 6.45) is 0. The molecule has 5 nitrogen and oxygen atoms in total. The molecular weight excluding hydrogens is 395 g/mol. The number of carbonyl (C=O) groups excluding carboxylic acids is 1. The molecule has 0 bridgehead atoms. The molecule has 0 fully saturated rings. The average Bonchev–Trinajstić information content (AvgIpc) is 3.06. The summed E-state index contributed by atoms with van der Waals surface area (Å²) < 4.78 is 11.1. The maximum Gasteiger partial charge on any atom is 0.338 e. The maximum absolute atomic E-state index is 12.4. The van der Waals surface area contributed by atoms with Gasteiger partial charge in [0.1, 0.15) is 17.6 Å². The molecule has 1 aliphatic rings. The molecule has 136 valence electrons. The van der Waals surface area contributed by atoms with Gasteiger partial charge in [-0.3, -0.25) is 0 Å². The van der Waals surface area contributed by atoms with Crippen molar-refractivity contribution in [2.24, 2.45) is 0 Å². The van der Waals surface area contributed by atoms with E-state index in [2.05, 4.69) is 10.6 Å². The highest BCUT2D eigenvalue weighted by atomic mass is 35.5. The van der Waals surface area contributed by atoms with Gasteiger partial charge in [0.2, 0.25) is 0 Å². The van der Waals surface area contributed by atoms with Gasteiger partial charge in [-0.15, -0.1) is 0 Å². The van der Waals surface area contributed by atoms with Gasteiger partial charge >= 0.3 is 5.97 Å². The average molecular weight is 411 g/mol. The SMILES string of the molecule is CCOC(=O)C1=C(C)NC(=S)NC1c1ccc(-c2cc(Cl)ccc2Cl)o1. The summed E-state index contributed by atoms with van der Waals surface area (Å²) in [5.41, 5.74) is 1.70. The van der Waals surface area contributed by atoms with Crippen LogP contribution >= 0.6 is 35.4 Å². The van der Waals surface area contributed by atoms with Crippen LogP contribution in [0.1, 0.15) is 25.6 Å². The van der Waals surface area contributed by atoms with Crippen molar-refractivity contribution in [3.05, 3.63) is 57.4 Å². The van der Waals surface area contributed by atoms with Crippen LogP contribution < -0.4 is 10.6 Å². The van der Waals surface area contributed by atoms with Gasteiger partial charge in [0.15, 0.2) is 5.11 Å². The molecule has 0 aliphatic carbocycles. The summed E-state index contributed by atoms with van der Waals surface area (Å²) in [5, 5.41) is 7.46. The molecule has 0 saturated carbocycles. The van der Waals surface area contributed by atoms with E-state index < -0.39 is 12.0 Å². The minimum atomic E-state index is -0.561. The number of rotatable bonds is 4. The van der Waals surface area contributed by atoms with Crippen molar-refractivity contribution in [1.29, 1.82) is 0 Å². The minimum Gasteiger partial charge on any atom is -0.463 e. The van der Waals surface area contributed by atoms with Crippen molar-refractivity contribution in [1.82, 2.24) is 10.6 Å². The third-order valence-electron chi connectivity index (χ3n) is 3.87. The van der Waals surface area contributed by atoms with Gasteiger partial charge in [-0.1, -0.05) is 23.2 Å². The number of ether oxygens (including phenoxy) is 1. The predicted molar refractivity (Wildman–Crippen MR) is 105 cm³/mol. The second-order valence-electron chi connectivity index (χ2n) is 5.62. The Hall–Kier alpha value is -2.02. The molecule has 3 rings (SSSR count). The lowest BCUT2D eigenvalue weighted by Gasteiger charge is -2.28. The highest BCUT2D eigenvalue weighted by molar-refractivity contribution is 7.80. The summed E-state index contributed by atoms with van der Waals surface area (Å²) in [4.78, 5) is 12.4. The fourth-order valence-corrected chi connectivity index (χ4v) is 3.38. The number of nitrogens with one attached hydrogen (secondary N) is 2. The first kappa shape index (κ1) is 18.8. The van der Waals surface area contributed by atoms with E-state index in [1.807, 2.05) is 0 Å². The molecule has 26 heavy (non-hydrogen) atoms. The standard InChI is InChI=1S/C18H16Cl2N2O3S/c1-3-24-17(23)15-9(2)21-18(26)22-16(15)14-7-6-13(25-14)11-8-10(19)4-5-12(11)20/h4-8,16H,3H2,1-2H3,(H2,21,22,26). The van der Waals surface area contributed by atoms with Gasteiger partial charge in [-0.25, -0.2) is 4.79 Å². The summed E-state index contributed by atoms with van der Waals surface area (Å²) in [6, 6.07) is 8.11. The first-order valence-corrected chi connectivity index (χ1v) is 9.07. The fraction of sp³-hybridized carbons (Fsp3) is 0.222. The lowest BCUT2D eigenvalue weighted by Crippen LogP contribution is -2.45. The van der Waals surface area contributed by atoms with Gasteiger partial charge < -0.3 is 19.8 Å². The summed E-state index contributed by atoms with van der Waals surface area (Å²) in [7, 11) is 0. The summed E-state index contributed by atoms with van der Waals surface area (Å²) in [5.74, 6) is 0.623. The third-order valence-corrected chi connectivity index (χ3v) is 4.65. The van der Waals surface area contributed by atoms with Gasteiger partial charge in [-0.05, 0) is 56.4 Å². The van der Waals surface area contributed by atoms with Gasteiger partial charge in [-0.2, -0.15) is 0 Å². The molecular formula is C18H16Cl2N2O3S. The van der Waals surface area contributed by atoms with Crippen LogP contribution in [0.4, 0.5) is 0 Å². The summed E-state index contributed by atoms with van der Waals surface area (Å²) >= 11 is 17.5.